The maximum absolute atomic E-state index is 12.9. The van der Waals surface area contributed by atoms with E-state index in [9.17, 15) is 9.59 Å². The van der Waals surface area contributed by atoms with Crippen molar-refractivity contribution >= 4 is 28.1 Å². The predicted molar refractivity (Wildman–Crippen MR) is 99.9 cm³/mol. The molecule has 3 aromatic rings. The van der Waals surface area contributed by atoms with E-state index in [1.807, 2.05) is 30.5 Å². The monoisotopic (exact) mass is 386 g/mol. The van der Waals surface area contributed by atoms with Crippen molar-refractivity contribution in [1.82, 2.24) is 14.3 Å². The first kappa shape index (κ1) is 17.5. The number of morpholine rings is 1. The highest BCUT2D eigenvalue weighted by molar-refractivity contribution is 7.15. The number of amides is 2. The predicted octanol–water partition coefficient (Wildman–Crippen LogP) is 1.40. The van der Waals surface area contributed by atoms with Crippen LogP contribution in [0.4, 0.5) is 0 Å². The van der Waals surface area contributed by atoms with E-state index in [1.165, 1.54) is 11.3 Å². The first-order chi connectivity index (χ1) is 13.1. The van der Waals surface area contributed by atoms with Crippen LogP contribution in [0, 0.1) is 0 Å². The summed E-state index contributed by atoms with van der Waals surface area (Å²) in [5, 5.41) is 1.77. The molecule has 3 heterocycles. The topological polar surface area (TPSA) is 99.2 Å². The molecule has 0 bridgehead atoms. The molecule has 9 heteroatoms. The van der Waals surface area contributed by atoms with Crippen LogP contribution in [0.15, 0.2) is 35.8 Å². The van der Waals surface area contributed by atoms with Crippen LogP contribution in [0.5, 0.6) is 5.75 Å². The van der Waals surface area contributed by atoms with Crippen molar-refractivity contribution in [2.24, 2.45) is 5.73 Å². The Kier molecular flexibility index (Phi) is 4.54. The van der Waals surface area contributed by atoms with Crippen molar-refractivity contribution < 1.29 is 19.1 Å². The molecule has 1 aliphatic heterocycles. The average molecular weight is 386 g/mol. The number of hydrogen-bond acceptors (Lipinski definition) is 6. The molecule has 27 heavy (non-hydrogen) atoms. The van der Waals surface area contributed by atoms with E-state index in [2.05, 4.69) is 4.98 Å². The Morgan fingerprint density at radius 2 is 2.26 bits per heavy atom. The van der Waals surface area contributed by atoms with Gasteiger partial charge in [-0.3, -0.25) is 14.0 Å². The molecule has 8 nitrogen and oxygen atoms in total. The van der Waals surface area contributed by atoms with Crippen LogP contribution in [0.3, 0.4) is 0 Å². The van der Waals surface area contributed by atoms with Gasteiger partial charge in [-0.2, -0.15) is 0 Å². The number of imidazole rings is 1. The summed E-state index contributed by atoms with van der Waals surface area (Å²) in [6.07, 6.45) is 1.06. The van der Waals surface area contributed by atoms with Crippen LogP contribution in [-0.4, -0.2) is 59.0 Å². The summed E-state index contributed by atoms with van der Waals surface area (Å²) in [5.74, 6) is 0.00210. The van der Waals surface area contributed by atoms with Crippen LogP contribution in [0.25, 0.3) is 16.2 Å². The van der Waals surface area contributed by atoms with Crippen molar-refractivity contribution in [3.05, 3.63) is 41.5 Å². The minimum absolute atomic E-state index is 0.156. The van der Waals surface area contributed by atoms with E-state index in [0.29, 0.717) is 12.2 Å². The first-order valence-electron chi connectivity index (χ1n) is 8.38. The van der Waals surface area contributed by atoms with Crippen molar-refractivity contribution in [1.29, 1.82) is 0 Å². The molecule has 1 aliphatic rings. The number of hydrogen-bond donors (Lipinski definition) is 1. The number of carbonyl (C=O) groups excluding carboxylic acids is 2. The summed E-state index contributed by atoms with van der Waals surface area (Å²) in [4.78, 5) is 31.2. The number of nitrogens with zero attached hydrogens (tertiary/aromatic N) is 3. The molecule has 4 rings (SSSR count). The second kappa shape index (κ2) is 7.01. The van der Waals surface area contributed by atoms with Gasteiger partial charge in [-0.05, 0) is 12.1 Å². The van der Waals surface area contributed by atoms with Gasteiger partial charge in [0.25, 0.3) is 5.91 Å². The van der Waals surface area contributed by atoms with E-state index in [1.54, 1.807) is 21.8 Å². The van der Waals surface area contributed by atoms with Crippen molar-refractivity contribution in [3.63, 3.8) is 0 Å². The van der Waals surface area contributed by atoms with Crippen LogP contribution in [-0.2, 0) is 9.53 Å². The van der Waals surface area contributed by atoms with Gasteiger partial charge in [0.15, 0.2) is 11.1 Å². The van der Waals surface area contributed by atoms with E-state index in [0.717, 1.165) is 22.0 Å². The zero-order valence-corrected chi connectivity index (χ0v) is 15.4. The molecule has 1 atom stereocenters. The summed E-state index contributed by atoms with van der Waals surface area (Å²) < 4.78 is 12.3. The lowest BCUT2D eigenvalue weighted by molar-refractivity contribution is -0.133. The molecule has 1 fully saturated rings. The average Bonchev–Trinajstić information content (AvgIpc) is 3.28. The summed E-state index contributed by atoms with van der Waals surface area (Å²) in [7, 11) is 1.61. The van der Waals surface area contributed by atoms with E-state index in [4.69, 9.17) is 15.2 Å². The summed E-state index contributed by atoms with van der Waals surface area (Å²) in [6.45, 7) is 0.853. The third-order valence-corrected chi connectivity index (χ3v) is 5.30. The second-order valence-corrected chi connectivity index (χ2v) is 6.98. The number of ether oxygens (including phenoxy) is 2. The molecular weight excluding hydrogens is 368 g/mol. The summed E-state index contributed by atoms with van der Waals surface area (Å²) in [5.41, 5.74) is 7.47. The van der Waals surface area contributed by atoms with Crippen LogP contribution in [0.2, 0.25) is 0 Å². The molecule has 0 saturated carbocycles. The Bertz CT molecular complexity index is 1010. The third-order valence-electron chi connectivity index (χ3n) is 4.46. The van der Waals surface area contributed by atoms with Crippen LogP contribution < -0.4 is 10.5 Å². The Morgan fingerprint density at radius 3 is 3.04 bits per heavy atom. The smallest absolute Gasteiger partial charge is 0.271 e. The zero-order valence-electron chi connectivity index (χ0n) is 14.6. The van der Waals surface area contributed by atoms with Crippen molar-refractivity contribution in [2.75, 3.05) is 26.8 Å². The van der Waals surface area contributed by atoms with Gasteiger partial charge in [-0.25, -0.2) is 4.98 Å². The highest BCUT2D eigenvalue weighted by Crippen LogP contribution is 2.27. The maximum atomic E-state index is 12.9. The van der Waals surface area contributed by atoms with E-state index in [-0.39, 0.29) is 19.1 Å². The Labute approximate surface area is 159 Å². The summed E-state index contributed by atoms with van der Waals surface area (Å²) >= 11 is 1.39. The van der Waals surface area contributed by atoms with Gasteiger partial charge in [-0.1, -0.05) is 12.1 Å². The highest BCUT2D eigenvalue weighted by atomic mass is 32.1. The van der Waals surface area contributed by atoms with Gasteiger partial charge >= 0.3 is 0 Å². The fourth-order valence-corrected chi connectivity index (χ4v) is 3.87. The normalized spacial score (nSPS) is 17.2. The Balaban J connectivity index is 1.64. The molecule has 140 valence electrons. The van der Waals surface area contributed by atoms with Crippen LogP contribution in [0.1, 0.15) is 10.5 Å². The molecule has 1 saturated heterocycles. The Morgan fingerprint density at radius 1 is 1.41 bits per heavy atom. The van der Waals surface area contributed by atoms with Crippen LogP contribution >= 0.6 is 11.3 Å². The second-order valence-electron chi connectivity index (χ2n) is 6.14. The molecule has 1 aromatic carbocycles. The highest BCUT2D eigenvalue weighted by Gasteiger charge is 2.29. The SMILES string of the molecule is COc1cccc(-c2cn3c(C(=O)N4CCO[C@@H](C(N)=O)C4)csc3n2)c1. The van der Waals surface area contributed by atoms with Gasteiger partial charge in [-0.15, -0.1) is 11.3 Å². The number of benzene rings is 1. The number of thiazole rings is 1. The Hall–Kier alpha value is -2.91. The first-order valence-corrected chi connectivity index (χ1v) is 9.26. The third kappa shape index (κ3) is 3.26. The van der Waals surface area contributed by atoms with Crippen molar-refractivity contribution in [2.45, 2.75) is 6.10 Å². The molecule has 0 spiro atoms. The van der Waals surface area contributed by atoms with Crippen molar-refractivity contribution in [3.8, 4) is 17.0 Å². The maximum Gasteiger partial charge on any atom is 0.271 e. The molecule has 0 aliphatic carbocycles. The van der Waals surface area contributed by atoms with E-state index >= 15 is 0 Å². The van der Waals surface area contributed by atoms with Gasteiger partial charge < -0.3 is 20.1 Å². The number of fused-ring (bicyclic) bond motifs is 1. The quantitative estimate of drug-likeness (QED) is 0.731. The van der Waals surface area contributed by atoms with Gasteiger partial charge in [0, 0.05) is 23.7 Å². The fraction of sp³-hybridized carbons (Fsp3) is 0.278. The van der Waals surface area contributed by atoms with Gasteiger partial charge in [0.05, 0.1) is 26.0 Å². The summed E-state index contributed by atoms with van der Waals surface area (Å²) in [6, 6.07) is 7.60. The molecule has 2 N–H and O–H groups in total. The lowest BCUT2D eigenvalue weighted by Crippen LogP contribution is -2.50. The molecule has 0 radical (unpaired) electrons. The molecule has 0 unspecified atom stereocenters. The van der Waals surface area contributed by atoms with Gasteiger partial charge in [0.1, 0.15) is 11.4 Å². The number of primary amides is 1. The minimum Gasteiger partial charge on any atom is -0.497 e. The zero-order chi connectivity index (χ0) is 19.0. The molecule has 2 amide bonds. The lowest BCUT2D eigenvalue weighted by atomic mass is 10.1. The number of carbonyl (C=O) groups is 2. The molecular formula is C18H18N4O4S. The largest absolute Gasteiger partial charge is 0.497 e. The van der Waals surface area contributed by atoms with E-state index < -0.39 is 12.0 Å². The minimum atomic E-state index is -0.771. The standard InChI is InChI=1S/C18H18N4O4S/c1-25-12-4-2-3-11(7-12)13-8-22-14(10-27-18(22)20-13)17(24)21-5-6-26-15(9-21)16(19)23/h2-4,7-8,10,15H,5-6,9H2,1H3,(H2,19,23)/t15-/m1/s1. The lowest BCUT2D eigenvalue weighted by Gasteiger charge is -2.31. The number of aromatic nitrogens is 2. The number of nitrogens with two attached hydrogens (primary N) is 1. The molecule has 2 aromatic heterocycles. The van der Waals surface area contributed by atoms with Gasteiger partial charge in [0.2, 0.25) is 5.91 Å². The number of rotatable bonds is 4. The fourth-order valence-electron chi connectivity index (χ4n) is 3.03. The number of methoxy groups -OCH3 is 1.